The third-order valence-electron chi connectivity index (χ3n) is 10.9. The fourth-order valence-electron chi connectivity index (χ4n) is 7.84. The first-order chi connectivity index (χ1) is 21.1. The lowest BCUT2D eigenvalue weighted by Crippen LogP contribution is -2.71. The highest BCUT2D eigenvalue weighted by Crippen LogP contribution is 2.70. The van der Waals surface area contributed by atoms with E-state index in [4.69, 9.17) is 28.4 Å². The van der Waals surface area contributed by atoms with Gasteiger partial charge in [0.25, 0.3) is 0 Å². The van der Waals surface area contributed by atoms with Crippen molar-refractivity contribution in [2.75, 3.05) is 19.8 Å². The van der Waals surface area contributed by atoms with Crippen LogP contribution in [0.4, 0.5) is 0 Å². The molecule has 2 aliphatic heterocycles. The second kappa shape index (κ2) is 13.3. The summed E-state index contributed by atoms with van der Waals surface area (Å²) in [7, 11) is 0. The van der Waals surface area contributed by atoms with Crippen LogP contribution in [0.5, 0.6) is 0 Å². The van der Waals surface area contributed by atoms with E-state index in [1.165, 1.54) is 19.9 Å². The van der Waals surface area contributed by atoms with Gasteiger partial charge in [-0.15, -0.1) is 0 Å². The Morgan fingerprint density at radius 2 is 1.82 bits per heavy atom. The maximum Gasteiger partial charge on any atom is 0.333 e. The van der Waals surface area contributed by atoms with Crippen LogP contribution < -0.4 is 0 Å². The molecule has 0 unspecified atom stereocenters. The molecule has 1 spiro atoms. The number of cyclic esters (lactones) is 1. The van der Waals surface area contributed by atoms with Crippen LogP contribution >= 0.6 is 0 Å². The number of fused-ring (bicyclic) bond motifs is 2. The molecule has 4 rings (SSSR count). The summed E-state index contributed by atoms with van der Waals surface area (Å²) >= 11 is 0. The Labute approximate surface area is 265 Å². The first-order valence-electron chi connectivity index (χ1n) is 16.0. The Balaban J connectivity index is 1.90. The van der Waals surface area contributed by atoms with Crippen LogP contribution in [0.25, 0.3) is 0 Å². The molecule has 0 aromatic carbocycles. The molecule has 2 heterocycles. The number of rotatable bonds is 11. The van der Waals surface area contributed by atoms with Gasteiger partial charge in [-0.05, 0) is 57.3 Å². The van der Waals surface area contributed by atoms with Crippen molar-refractivity contribution in [1.82, 2.24) is 0 Å². The lowest BCUT2D eigenvalue weighted by Gasteiger charge is -2.64. The van der Waals surface area contributed by atoms with Gasteiger partial charge in [-0.25, -0.2) is 9.59 Å². The second-order valence-electron chi connectivity index (χ2n) is 13.5. The number of carbonyl (C=O) groups excluding carboxylic acids is 5. The van der Waals surface area contributed by atoms with Crippen molar-refractivity contribution in [3.8, 4) is 0 Å². The molecular formula is C34H48O11. The van der Waals surface area contributed by atoms with Gasteiger partial charge in [0.05, 0.1) is 17.9 Å². The number of allylic oxidation sites excluding steroid dienone is 1. The normalized spacial score (nSPS) is 35.3. The van der Waals surface area contributed by atoms with Crippen molar-refractivity contribution >= 4 is 29.8 Å². The highest BCUT2D eigenvalue weighted by atomic mass is 16.6. The van der Waals surface area contributed by atoms with E-state index in [9.17, 15) is 24.0 Å². The SMILES string of the molecule is C/C=C(\C)C(=O)O[C@H](C[C@@]1(C)[C@H](C)C[C@H](OC(C)=O)[C@]2(COC(C)=O)[C@@H]1[C@H](OC(=O)[C@H](C)CC)CC[C@]21CO1)C1=CC(=O)OC1. The zero-order chi connectivity index (χ0) is 33.3. The maximum atomic E-state index is 13.4. The highest BCUT2D eigenvalue weighted by molar-refractivity contribution is 5.88. The molecule has 0 amide bonds. The number of hydrogen-bond donors (Lipinski definition) is 0. The zero-order valence-corrected chi connectivity index (χ0v) is 27.8. The van der Waals surface area contributed by atoms with E-state index in [2.05, 4.69) is 6.92 Å². The van der Waals surface area contributed by atoms with Gasteiger partial charge in [-0.3, -0.25) is 14.4 Å². The van der Waals surface area contributed by atoms with Gasteiger partial charge in [0.2, 0.25) is 0 Å². The van der Waals surface area contributed by atoms with E-state index >= 15 is 0 Å². The van der Waals surface area contributed by atoms with Crippen molar-refractivity contribution in [2.24, 2.45) is 28.6 Å². The minimum atomic E-state index is -1.07. The molecule has 1 saturated heterocycles. The Bertz CT molecular complexity index is 1260. The molecule has 3 fully saturated rings. The van der Waals surface area contributed by atoms with Gasteiger partial charge in [0, 0.05) is 37.0 Å². The molecule has 0 radical (unpaired) electrons. The van der Waals surface area contributed by atoms with Crippen molar-refractivity contribution < 1.29 is 52.4 Å². The molecule has 11 nitrogen and oxygen atoms in total. The highest BCUT2D eigenvalue weighted by Gasteiger charge is 2.77. The van der Waals surface area contributed by atoms with Crippen LogP contribution in [0.1, 0.15) is 87.5 Å². The van der Waals surface area contributed by atoms with E-state index in [0.29, 0.717) is 43.4 Å². The maximum absolute atomic E-state index is 13.4. The molecule has 4 aliphatic rings. The fourth-order valence-corrected chi connectivity index (χ4v) is 7.84. The minimum Gasteiger partial charge on any atom is -0.465 e. The van der Waals surface area contributed by atoms with E-state index in [1.54, 1.807) is 19.9 Å². The summed E-state index contributed by atoms with van der Waals surface area (Å²) in [4.78, 5) is 63.6. The standard InChI is InChI=1S/C34H48O11/c1-9-19(3)30(38)44-25-11-12-33(17-42-33)34(18-41-22(6)35)27(43-23(7)36)13-21(5)32(8,29(25)34)15-26(24-14-28(37)40-16-24)45-31(39)20(4)10-2/h10,14,19,21,25-27,29H,9,11-13,15-18H2,1-8H3/b20-10+/t19-,21-,25-,26-,27+,29-,32+,33+,34-/m1/s1. The molecule has 0 N–H and O–H groups in total. The Morgan fingerprint density at radius 3 is 2.36 bits per heavy atom. The van der Waals surface area contributed by atoms with E-state index in [0.717, 1.165) is 0 Å². The number of esters is 5. The third-order valence-corrected chi connectivity index (χ3v) is 10.9. The van der Waals surface area contributed by atoms with Gasteiger partial charge < -0.3 is 28.4 Å². The van der Waals surface area contributed by atoms with Crippen LogP contribution in [-0.2, 0) is 52.4 Å². The molecule has 45 heavy (non-hydrogen) atoms. The molecular weight excluding hydrogens is 584 g/mol. The van der Waals surface area contributed by atoms with Gasteiger partial charge in [0.1, 0.15) is 37.1 Å². The largest absolute Gasteiger partial charge is 0.465 e. The molecule has 0 bridgehead atoms. The van der Waals surface area contributed by atoms with Crippen molar-refractivity contribution in [3.05, 3.63) is 23.3 Å². The smallest absolute Gasteiger partial charge is 0.333 e. The lowest BCUT2D eigenvalue weighted by atomic mass is 9.42. The predicted molar refractivity (Wildman–Crippen MR) is 160 cm³/mol. The summed E-state index contributed by atoms with van der Waals surface area (Å²) in [5.74, 6) is -3.43. The van der Waals surface area contributed by atoms with Gasteiger partial charge in [-0.2, -0.15) is 0 Å². The molecule has 250 valence electrons. The van der Waals surface area contributed by atoms with Crippen molar-refractivity contribution in [3.63, 3.8) is 0 Å². The molecule has 11 heteroatoms. The quantitative estimate of drug-likeness (QED) is 0.138. The number of epoxide rings is 1. The summed E-state index contributed by atoms with van der Waals surface area (Å²) in [6.45, 7) is 14.1. The predicted octanol–water partition coefficient (Wildman–Crippen LogP) is 4.40. The monoisotopic (exact) mass is 632 g/mol. The van der Waals surface area contributed by atoms with Crippen LogP contribution in [0, 0.1) is 28.6 Å². The molecule has 2 saturated carbocycles. The average Bonchev–Trinajstić information content (AvgIpc) is 3.64. The molecule has 0 aromatic rings. The van der Waals surface area contributed by atoms with Gasteiger partial charge in [-0.1, -0.05) is 33.8 Å². The number of carbonyl (C=O) groups is 5. The minimum absolute atomic E-state index is 0.0189. The average molecular weight is 633 g/mol. The first-order valence-corrected chi connectivity index (χ1v) is 16.0. The number of ether oxygens (including phenoxy) is 6. The van der Waals surface area contributed by atoms with Crippen molar-refractivity contribution in [2.45, 2.75) is 111 Å². The van der Waals surface area contributed by atoms with Crippen molar-refractivity contribution in [1.29, 1.82) is 0 Å². The molecule has 0 aromatic heterocycles. The van der Waals surface area contributed by atoms with Crippen LogP contribution in [0.2, 0.25) is 0 Å². The lowest BCUT2D eigenvalue weighted by molar-refractivity contribution is -0.260. The summed E-state index contributed by atoms with van der Waals surface area (Å²) in [6.07, 6.45) is 3.04. The molecule has 9 atom stereocenters. The second-order valence-corrected chi connectivity index (χ2v) is 13.5. The topological polar surface area (TPSA) is 144 Å². The van der Waals surface area contributed by atoms with Crippen LogP contribution in [0.15, 0.2) is 23.3 Å². The van der Waals surface area contributed by atoms with E-state index < -0.39 is 64.5 Å². The van der Waals surface area contributed by atoms with Crippen LogP contribution in [-0.4, -0.2) is 73.6 Å². The third kappa shape index (κ3) is 6.55. The Morgan fingerprint density at radius 1 is 1.13 bits per heavy atom. The summed E-state index contributed by atoms with van der Waals surface area (Å²) in [6, 6.07) is 0. The van der Waals surface area contributed by atoms with Gasteiger partial charge >= 0.3 is 29.8 Å². The summed E-state index contributed by atoms with van der Waals surface area (Å²) in [5, 5.41) is 0. The molecule has 2 aliphatic carbocycles. The Kier molecular flexibility index (Phi) is 10.2. The first kappa shape index (κ1) is 34.7. The summed E-state index contributed by atoms with van der Waals surface area (Å²) < 4.78 is 35.7. The summed E-state index contributed by atoms with van der Waals surface area (Å²) in [5.41, 5.74) is -1.69. The Hall–Kier alpha value is -3.21. The van der Waals surface area contributed by atoms with E-state index in [1.807, 2.05) is 20.8 Å². The fraction of sp³-hybridized carbons (Fsp3) is 0.735. The van der Waals surface area contributed by atoms with Gasteiger partial charge in [0.15, 0.2) is 0 Å². The number of hydrogen-bond acceptors (Lipinski definition) is 11. The van der Waals surface area contributed by atoms with Crippen LogP contribution in [0.3, 0.4) is 0 Å². The zero-order valence-electron chi connectivity index (χ0n) is 27.8. The van der Waals surface area contributed by atoms with E-state index in [-0.39, 0.29) is 37.4 Å².